The summed E-state index contributed by atoms with van der Waals surface area (Å²) in [5.41, 5.74) is 8.80. The van der Waals surface area contributed by atoms with E-state index in [1.54, 1.807) is 24.7 Å². The van der Waals surface area contributed by atoms with Crippen LogP contribution in [0.3, 0.4) is 0 Å². The van der Waals surface area contributed by atoms with Crippen LogP contribution in [-0.2, 0) is 0 Å². The van der Waals surface area contributed by atoms with E-state index in [9.17, 15) is 0 Å². The number of thiocarbonyl (C=S) groups is 1. The van der Waals surface area contributed by atoms with Crippen LogP contribution in [0.2, 0.25) is 5.02 Å². The lowest BCUT2D eigenvalue weighted by atomic mass is 10.1. The van der Waals surface area contributed by atoms with Crippen molar-refractivity contribution in [2.75, 3.05) is 5.32 Å². The van der Waals surface area contributed by atoms with Gasteiger partial charge < -0.3 is 11.1 Å². The van der Waals surface area contributed by atoms with Crippen LogP contribution in [0.1, 0.15) is 5.56 Å². The van der Waals surface area contributed by atoms with Gasteiger partial charge in [-0.3, -0.25) is 9.97 Å². The van der Waals surface area contributed by atoms with Crippen LogP contribution in [0.15, 0.2) is 48.9 Å². The summed E-state index contributed by atoms with van der Waals surface area (Å²) >= 11 is 11.2. The molecule has 0 aliphatic heterocycles. The number of pyridine rings is 2. The Labute approximate surface area is 132 Å². The van der Waals surface area contributed by atoms with E-state index in [0.29, 0.717) is 10.0 Å². The number of nitrogens with one attached hydrogen (secondary N) is 1. The number of aromatic nitrogens is 2. The van der Waals surface area contributed by atoms with Gasteiger partial charge in [-0.05, 0) is 30.3 Å². The van der Waals surface area contributed by atoms with Crippen LogP contribution in [0.4, 0.5) is 11.4 Å². The van der Waals surface area contributed by atoms with Gasteiger partial charge in [0.1, 0.15) is 4.99 Å². The first-order valence-corrected chi connectivity index (χ1v) is 6.99. The second-order valence-corrected chi connectivity index (χ2v) is 5.25. The van der Waals surface area contributed by atoms with Gasteiger partial charge in [0.2, 0.25) is 0 Å². The van der Waals surface area contributed by atoms with Gasteiger partial charge in [-0.15, -0.1) is 0 Å². The highest BCUT2D eigenvalue weighted by atomic mass is 35.5. The van der Waals surface area contributed by atoms with Crippen LogP contribution in [0, 0.1) is 0 Å². The van der Waals surface area contributed by atoms with E-state index < -0.39 is 0 Å². The Bertz CT molecular complexity index is 835. The summed E-state index contributed by atoms with van der Waals surface area (Å²) in [5, 5.41) is 4.81. The number of fused-ring (bicyclic) bond motifs is 1. The van der Waals surface area contributed by atoms with Gasteiger partial charge in [-0.2, -0.15) is 0 Å². The first kappa shape index (κ1) is 13.7. The fourth-order valence-electron chi connectivity index (χ4n) is 2.09. The van der Waals surface area contributed by atoms with Gasteiger partial charge in [-0.1, -0.05) is 23.8 Å². The highest BCUT2D eigenvalue weighted by Gasteiger charge is 2.09. The Kier molecular flexibility index (Phi) is 3.68. The van der Waals surface area contributed by atoms with E-state index in [-0.39, 0.29) is 0 Å². The van der Waals surface area contributed by atoms with Gasteiger partial charge in [0.25, 0.3) is 0 Å². The molecule has 4 nitrogen and oxygen atoms in total. The molecule has 104 valence electrons. The molecule has 3 aromatic rings. The van der Waals surface area contributed by atoms with Crippen molar-refractivity contribution in [1.29, 1.82) is 0 Å². The molecule has 3 N–H and O–H groups in total. The van der Waals surface area contributed by atoms with Crippen molar-refractivity contribution in [2.24, 2.45) is 5.73 Å². The lowest BCUT2D eigenvalue weighted by Gasteiger charge is -2.12. The summed E-state index contributed by atoms with van der Waals surface area (Å²) in [7, 11) is 0. The zero-order chi connectivity index (χ0) is 14.8. The summed E-state index contributed by atoms with van der Waals surface area (Å²) in [6.45, 7) is 0. The normalized spacial score (nSPS) is 10.5. The molecule has 0 spiro atoms. The maximum absolute atomic E-state index is 6.19. The fourth-order valence-corrected chi connectivity index (χ4v) is 2.49. The first-order valence-electron chi connectivity index (χ1n) is 6.21. The van der Waals surface area contributed by atoms with Gasteiger partial charge in [-0.25, -0.2) is 0 Å². The predicted molar refractivity (Wildman–Crippen MR) is 90.2 cm³/mol. The first-order chi connectivity index (χ1) is 10.2. The third-order valence-corrected chi connectivity index (χ3v) is 3.62. The van der Waals surface area contributed by atoms with E-state index in [1.165, 1.54) is 0 Å². The molecular weight excluding hydrogens is 304 g/mol. The monoisotopic (exact) mass is 314 g/mol. The van der Waals surface area contributed by atoms with Crippen LogP contribution >= 0.6 is 23.8 Å². The quantitative estimate of drug-likeness (QED) is 0.722. The lowest BCUT2D eigenvalue weighted by molar-refractivity contribution is 1.31. The number of hydrogen-bond donors (Lipinski definition) is 2. The Balaban J connectivity index is 2.11. The molecule has 0 unspecified atom stereocenters. The Morgan fingerprint density at radius 3 is 2.81 bits per heavy atom. The van der Waals surface area contributed by atoms with Crippen molar-refractivity contribution in [2.45, 2.75) is 0 Å². The zero-order valence-electron chi connectivity index (χ0n) is 10.9. The average molecular weight is 315 g/mol. The summed E-state index contributed by atoms with van der Waals surface area (Å²) in [4.78, 5) is 8.79. The van der Waals surface area contributed by atoms with Gasteiger partial charge >= 0.3 is 0 Å². The standard InChI is InChI=1S/C15H11ClN4S/c16-11-3-4-12(14-9(11)2-1-6-19-14)20-13-8-18-7-5-10(13)15(17)21/h1-8,20H,(H2,17,21). The van der Waals surface area contributed by atoms with Crippen molar-refractivity contribution in [3.8, 4) is 0 Å². The number of anilines is 2. The Morgan fingerprint density at radius 1 is 1.14 bits per heavy atom. The number of nitrogens with two attached hydrogens (primary N) is 1. The molecule has 0 bridgehead atoms. The molecule has 2 aromatic heterocycles. The largest absolute Gasteiger partial charge is 0.389 e. The van der Waals surface area contributed by atoms with Crippen LogP contribution in [-0.4, -0.2) is 15.0 Å². The van der Waals surface area contributed by atoms with Crippen molar-refractivity contribution in [1.82, 2.24) is 9.97 Å². The van der Waals surface area contributed by atoms with E-state index >= 15 is 0 Å². The maximum atomic E-state index is 6.19. The average Bonchev–Trinajstić information content (AvgIpc) is 2.51. The smallest absolute Gasteiger partial charge is 0.106 e. The number of benzene rings is 1. The summed E-state index contributed by atoms with van der Waals surface area (Å²) < 4.78 is 0. The van der Waals surface area contributed by atoms with E-state index in [0.717, 1.165) is 27.8 Å². The molecular formula is C15H11ClN4S. The van der Waals surface area contributed by atoms with Gasteiger partial charge in [0, 0.05) is 23.3 Å². The van der Waals surface area contributed by atoms with Crippen molar-refractivity contribution in [3.63, 3.8) is 0 Å². The molecule has 0 amide bonds. The maximum Gasteiger partial charge on any atom is 0.106 e. The van der Waals surface area contributed by atoms with Crippen molar-refractivity contribution in [3.05, 3.63) is 59.5 Å². The second kappa shape index (κ2) is 5.63. The molecule has 2 heterocycles. The molecule has 0 fully saturated rings. The third kappa shape index (κ3) is 2.66. The molecule has 1 aromatic carbocycles. The number of nitrogens with zero attached hydrogens (tertiary/aromatic N) is 2. The van der Waals surface area contributed by atoms with E-state index in [2.05, 4.69) is 15.3 Å². The minimum atomic E-state index is 0.311. The number of halogens is 1. The third-order valence-electron chi connectivity index (χ3n) is 3.07. The van der Waals surface area contributed by atoms with Crippen LogP contribution in [0.25, 0.3) is 10.9 Å². The summed E-state index contributed by atoms with van der Waals surface area (Å²) in [5.74, 6) is 0. The molecule has 0 aliphatic carbocycles. The van der Waals surface area contributed by atoms with E-state index in [4.69, 9.17) is 29.6 Å². The van der Waals surface area contributed by atoms with Gasteiger partial charge in [0.05, 0.1) is 28.1 Å². The predicted octanol–water partition coefficient (Wildman–Crippen LogP) is 3.66. The highest BCUT2D eigenvalue weighted by Crippen LogP contribution is 2.30. The molecule has 0 saturated heterocycles. The number of rotatable bonds is 3. The lowest BCUT2D eigenvalue weighted by Crippen LogP contribution is -2.12. The summed E-state index contributed by atoms with van der Waals surface area (Å²) in [6.07, 6.45) is 5.05. The van der Waals surface area contributed by atoms with E-state index in [1.807, 2.05) is 24.3 Å². The van der Waals surface area contributed by atoms with Crippen molar-refractivity contribution < 1.29 is 0 Å². The SMILES string of the molecule is NC(=S)c1ccncc1Nc1ccc(Cl)c2cccnc12. The van der Waals surface area contributed by atoms with Crippen LogP contribution in [0.5, 0.6) is 0 Å². The Hall–Kier alpha value is -2.24. The molecule has 21 heavy (non-hydrogen) atoms. The molecule has 6 heteroatoms. The fraction of sp³-hybridized carbons (Fsp3) is 0. The minimum absolute atomic E-state index is 0.311. The zero-order valence-corrected chi connectivity index (χ0v) is 12.4. The topological polar surface area (TPSA) is 63.8 Å². The van der Waals surface area contributed by atoms with Crippen LogP contribution < -0.4 is 11.1 Å². The van der Waals surface area contributed by atoms with Crippen molar-refractivity contribution >= 4 is 51.1 Å². The molecule has 3 rings (SSSR count). The second-order valence-electron chi connectivity index (χ2n) is 4.41. The van der Waals surface area contributed by atoms with Gasteiger partial charge in [0.15, 0.2) is 0 Å². The Morgan fingerprint density at radius 2 is 2.00 bits per heavy atom. The summed E-state index contributed by atoms with van der Waals surface area (Å²) in [6, 6.07) is 9.24. The minimum Gasteiger partial charge on any atom is -0.389 e. The molecule has 0 radical (unpaired) electrons. The highest BCUT2D eigenvalue weighted by molar-refractivity contribution is 7.80. The molecule has 0 saturated carbocycles. The molecule has 0 atom stereocenters. The molecule has 0 aliphatic rings. The number of hydrogen-bond acceptors (Lipinski definition) is 4.